The van der Waals surface area contributed by atoms with Gasteiger partial charge in [0.1, 0.15) is 10.8 Å². The number of halogens is 4. The first-order chi connectivity index (χ1) is 12.4. The van der Waals surface area contributed by atoms with Gasteiger partial charge in [-0.15, -0.1) is 23.4 Å². The Labute approximate surface area is 157 Å². The summed E-state index contributed by atoms with van der Waals surface area (Å²) in [4.78, 5) is 0.886. The number of hydrazine groups is 1. The van der Waals surface area contributed by atoms with Crippen molar-refractivity contribution in [2.24, 2.45) is 0 Å². The van der Waals surface area contributed by atoms with Gasteiger partial charge in [0.2, 0.25) is 4.96 Å². The van der Waals surface area contributed by atoms with E-state index in [2.05, 4.69) is 46.8 Å². The normalized spacial score (nSPS) is 20.8. The molecule has 1 fully saturated rings. The van der Waals surface area contributed by atoms with Crippen molar-refractivity contribution in [3.05, 3.63) is 40.7 Å². The highest BCUT2D eigenvalue weighted by atomic mass is 79.9. The Hall–Kier alpha value is -1.76. The number of nitrogens with zero attached hydrogens (tertiary/aromatic N) is 4. The van der Waals surface area contributed by atoms with Crippen LogP contribution in [-0.2, 0) is 6.42 Å². The highest BCUT2D eigenvalue weighted by Gasteiger charge is 2.31. The zero-order valence-corrected chi connectivity index (χ0v) is 15.4. The fourth-order valence-electron chi connectivity index (χ4n) is 2.59. The minimum atomic E-state index is -4.70. The predicted octanol–water partition coefficient (Wildman–Crippen LogP) is 2.59. The van der Waals surface area contributed by atoms with E-state index >= 15 is 0 Å². The van der Waals surface area contributed by atoms with Crippen LogP contribution in [0, 0.1) is 0 Å². The molecule has 0 aliphatic carbocycles. The van der Waals surface area contributed by atoms with Gasteiger partial charge in [-0.1, -0.05) is 39.4 Å². The average molecular weight is 449 g/mol. The molecule has 1 aromatic carbocycles. The van der Waals surface area contributed by atoms with E-state index in [0.29, 0.717) is 17.2 Å². The summed E-state index contributed by atoms with van der Waals surface area (Å²) >= 11 is 5.03. The highest BCUT2D eigenvalue weighted by molar-refractivity contribution is 9.09. The molecule has 0 spiro atoms. The number of aromatic nitrogens is 4. The maximum atomic E-state index is 12.2. The second kappa shape index (κ2) is 6.76. The van der Waals surface area contributed by atoms with E-state index in [1.54, 1.807) is 16.6 Å². The molecule has 2 unspecified atom stereocenters. The van der Waals surface area contributed by atoms with Crippen molar-refractivity contribution in [3.63, 3.8) is 0 Å². The zero-order valence-electron chi connectivity index (χ0n) is 13.0. The van der Waals surface area contributed by atoms with Crippen LogP contribution in [0.3, 0.4) is 0 Å². The van der Waals surface area contributed by atoms with E-state index < -0.39 is 6.36 Å². The smallest absolute Gasteiger partial charge is 0.406 e. The maximum absolute atomic E-state index is 12.2. The van der Waals surface area contributed by atoms with Crippen molar-refractivity contribution in [1.29, 1.82) is 0 Å². The van der Waals surface area contributed by atoms with Crippen molar-refractivity contribution in [1.82, 2.24) is 30.7 Å². The molecule has 0 saturated carbocycles. The molecule has 26 heavy (non-hydrogen) atoms. The van der Waals surface area contributed by atoms with Gasteiger partial charge in [-0.2, -0.15) is 9.61 Å². The average Bonchev–Trinajstić information content (AvgIpc) is 3.24. The first-order valence-electron chi connectivity index (χ1n) is 7.57. The molecule has 2 atom stereocenters. The molecule has 1 aliphatic rings. The highest BCUT2D eigenvalue weighted by Crippen LogP contribution is 2.29. The van der Waals surface area contributed by atoms with Gasteiger partial charge in [0.25, 0.3) is 0 Å². The Kier molecular flexibility index (Phi) is 4.59. The molecule has 0 bridgehead atoms. The van der Waals surface area contributed by atoms with Gasteiger partial charge in [-0.25, -0.2) is 5.43 Å². The summed E-state index contributed by atoms with van der Waals surface area (Å²) in [5.41, 5.74) is 7.00. The van der Waals surface area contributed by atoms with Gasteiger partial charge in [0, 0.05) is 13.0 Å². The lowest BCUT2D eigenvalue weighted by atomic mass is 10.1. The van der Waals surface area contributed by atoms with Crippen LogP contribution in [0.15, 0.2) is 24.3 Å². The third kappa shape index (κ3) is 3.68. The van der Waals surface area contributed by atoms with E-state index in [-0.39, 0.29) is 16.6 Å². The second-order valence-corrected chi connectivity index (χ2v) is 7.80. The summed E-state index contributed by atoms with van der Waals surface area (Å²) in [6.07, 6.45) is -4.31. The van der Waals surface area contributed by atoms with E-state index in [0.717, 1.165) is 17.1 Å². The standard InChI is InChI=1S/C14H12BrF3N6OS/c15-9-6-19-21-11(9)12-23-24-10(20-22-13(24)26-12)5-7-1-3-8(4-2-7)25-14(16,17)18/h1-4,9,11,19,21H,5-6H2. The molecule has 0 radical (unpaired) electrons. The zero-order chi connectivity index (χ0) is 18.3. The van der Waals surface area contributed by atoms with Crippen LogP contribution in [0.2, 0.25) is 0 Å². The molecule has 0 amide bonds. The van der Waals surface area contributed by atoms with E-state index in [1.807, 2.05) is 0 Å². The monoisotopic (exact) mass is 448 g/mol. The SMILES string of the molecule is FC(F)(F)Oc1ccc(Cc2nnc3sc(C4NNCC4Br)nn23)cc1. The van der Waals surface area contributed by atoms with Crippen LogP contribution >= 0.6 is 27.3 Å². The van der Waals surface area contributed by atoms with E-state index in [1.165, 1.54) is 23.5 Å². The first kappa shape index (κ1) is 17.6. The van der Waals surface area contributed by atoms with Crippen LogP contribution in [0.25, 0.3) is 4.96 Å². The lowest BCUT2D eigenvalue weighted by Gasteiger charge is -2.09. The largest absolute Gasteiger partial charge is 0.573 e. The molecule has 2 aromatic heterocycles. The molecule has 7 nitrogen and oxygen atoms in total. The van der Waals surface area contributed by atoms with Crippen LogP contribution in [0.5, 0.6) is 5.75 Å². The summed E-state index contributed by atoms with van der Waals surface area (Å²) < 4.78 is 42.2. The molecule has 12 heteroatoms. The van der Waals surface area contributed by atoms with Gasteiger partial charge >= 0.3 is 6.36 Å². The molecule has 3 heterocycles. The minimum absolute atomic E-state index is 0.0355. The van der Waals surface area contributed by atoms with Crippen molar-refractivity contribution >= 4 is 32.2 Å². The molecule has 3 aromatic rings. The predicted molar refractivity (Wildman–Crippen MR) is 91.2 cm³/mol. The van der Waals surface area contributed by atoms with Crippen molar-refractivity contribution in [2.75, 3.05) is 6.54 Å². The topological polar surface area (TPSA) is 76.4 Å². The Morgan fingerprint density at radius 3 is 2.69 bits per heavy atom. The Morgan fingerprint density at radius 2 is 2.04 bits per heavy atom. The van der Waals surface area contributed by atoms with Gasteiger partial charge in [-0.3, -0.25) is 5.43 Å². The number of hydrogen-bond acceptors (Lipinski definition) is 7. The fourth-order valence-corrected chi connectivity index (χ4v) is 4.28. The van der Waals surface area contributed by atoms with Gasteiger partial charge in [0.05, 0.1) is 10.9 Å². The van der Waals surface area contributed by atoms with Gasteiger partial charge in [0.15, 0.2) is 5.82 Å². The molecular formula is C14H12BrF3N6OS. The van der Waals surface area contributed by atoms with Crippen LogP contribution in [-0.4, -0.2) is 37.5 Å². The van der Waals surface area contributed by atoms with Gasteiger partial charge < -0.3 is 4.74 Å². The maximum Gasteiger partial charge on any atom is 0.573 e. The summed E-state index contributed by atoms with van der Waals surface area (Å²) in [5.74, 6) is 0.357. The molecule has 2 N–H and O–H groups in total. The number of ether oxygens (including phenoxy) is 1. The van der Waals surface area contributed by atoms with Crippen molar-refractivity contribution in [3.8, 4) is 5.75 Å². The number of hydrogen-bond donors (Lipinski definition) is 2. The van der Waals surface area contributed by atoms with Crippen LogP contribution < -0.4 is 15.6 Å². The number of benzene rings is 1. The second-order valence-electron chi connectivity index (χ2n) is 5.64. The van der Waals surface area contributed by atoms with Gasteiger partial charge in [-0.05, 0) is 17.7 Å². The number of rotatable bonds is 4. The molecule has 1 aliphatic heterocycles. The molecular weight excluding hydrogens is 437 g/mol. The lowest BCUT2D eigenvalue weighted by molar-refractivity contribution is -0.274. The summed E-state index contributed by atoms with van der Waals surface area (Å²) in [5, 5.41) is 13.7. The fraction of sp³-hybridized carbons (Fsp3) is 0.357. The van der Waals surface area contributed by atoms with E-state index in [9.17, 15) is 13.2 Å². The summed E-state index contributed by atoms with van der Waals surface area (Å²) in [6.45, 7) is 0.782. The Balaban J connectivity index is 1.53. The van der Waals surface area contributed by atoms with Crippen molar-refractivity contribution in [2.45, 2.75) is 23.7 Å². The number of nitrogens with one attached hydrogen (secondary N) is 2. The first-order valence-corrected chi connectivity index (χ1v) is 9.30. The third-order valence-electron chi connectivity index (χ3n) is 3.77. The molecule has 4 rings (SSSR count). The van der Waals surface area contributed by atoms with Crippen LogP contribution in [0.4, 0.5) is 13.2 Å². The molecule has 1 saturated heterocycles. The minimum Gasteiger partial charge on any atom is -0.406 e. The van der Waals surface area contributed by atoms with E-state index in [4.69, 9.17) is 0 Å². The van der Waals surface area contributed by atoms with Crippen LogP contribution in [0.1, 0.15) is 22.4 Å². The van der Waals surface area contributed by atoms with Crippen molar-refractivity contribution < 1.29 is 17.9 Å². The number of fused-ring (bicyclic) bond motifs is 1. The molecule has 138 valence electrons. The quantitative estimate of drug-likeness (QED) is 0.597. The lowest BCUT2D eigenvalue weighted by Crippen LogP contribution is -2.25. The Bertz CT molecular complexity index is 912. The summed E-state index contributed by atoms with van der Waals surface area (Å²) in [7, 11) is 0. The number of alkyl halides is 4. The summed E-state index contributed by atoms with van der Waals surface area (Å²) in [6, 6.07) is 5.71. The third-order valence-corrected chi connectivity index (χ3v) is 5.61. The Morgan fingerprint density at radius 1 is 1.27 bits per heavy atom.